The standard InChI is InChI=1S/C19H28N4O4/c1-19(2,3)27-18(24)22-8-6-21(7-9-22)15-5-4-13-12-17(23(25)26)16(20)11-14(13)10-15/h11-12,15H,4-10,20H2,1-3H3. The van der Waals surface area contributed by atoms with E-state index < -0.39 is 10.5 Å². The molecule has 1 aromatic carbocycles. The summed E-state index contributed by atoms with van der Waals surface area (Å²) in [6.07, 6.45) is 2.36. The molecule has 1 saturated heterocycles. The van der Waals surface area contributed by atoms with E-state index in [1.54, 1.807) is 17.0 Å². The second-order valence-corrected chi connectivity index (χ2v) is 8.34. The van der Waals surface area contributed by atoms with Gasteiger partial charge in [0.2, 0.25) is 0 Å². The molecule has 0 spiro atoms. The molecule has 3 rings (SSSR count). The number of rotatable bonds is 2. The summed E-state index contributed by atoms with van der Waals surface area (Å²) < 4.78 is 5.45. The second-order valence-electron chi connectivity index (χ2n) is 8.34. The van der Waals surface area contributed by atoms with Crippen LogP contribution in [0.5, 0.6) is 0 Å². The van der Waals surface area contributed by atoms with Crippen LogP contribution in [0.15, 0.2) is 12.1 Å². The second kappa shape index (κ2) is 7.34. The predicted molar refractivity (Wildman–Crippen MR) is 103 cm³/mol. The summed E-state index contributed by atoms with van der Waals surface area (Å²) in [5.74, 6) is 0. The zero-order valence-corrected chi connectivity index (χ0v) is 16.2. The van der Waals surface area contributed by atoms with Crippen LogP contribution in [0, 0.1) is 10.1 Å². The maximum atomic E-state index is 12.2. The summed E-state index contributed by atoms with van der Waals surface area (Å²) in [7, 11) is 0. The topological polar surface area (TPSA) is 102 Å². The molecule has 0 saturated carbocycles. The Morgan fingerprint density at radius 3 is 2.48 bits per heavy atom. The van der Waals surface area contributed by atoms with E-state index in [-0.39, 0.29) is 17.5 Å². The number of anilines is 1. The first-order valence-corrected chi connectivity index (χ1v) is 9.41. The van der Waals surface area contributed by atoms with Crippen molar-refractivity contribution >= 4 is 17.5 Å². The summed E-state index contributed by atoms with van der Waals surface area (Å²) in [5, 5.41) is 11.1. The third kappa shape index (κ3) is 4.50. The molecule has 1 aliphatic carbocycles. The molecule has 0 aromatic heterocycles. The van der Waals surface area contributed by atoms with E-state index in [9.17, 15) is 14.9 Å². The Morgan fingerprint density at radius 2 is 1.89 bits per heavy atom. The molecule has 1 fully saturated rings. The van der Waals surface area contributed by atoms with E-state index in [1.165, 1.54) is 0 Å². The molecule has 1 heterocycles. The molecule has 27 heavy (non-hydrogen) atoms. The Bertz CT molecular complexity index is 736. The molecule has 2 N–H and O–H groups in total. The lowest BCUT2D eigenvalue weighted by molar-refractivity contribution is -0.384. The zero-order chi connectivity index (χ0) is 19.8. The van der Waals surface area contributed by atoms with E-state index in [2.05, 4.69) is 4.90 Å². The minimum Gasteiger partial charge on any atom is -0.444 e. The Balaban J connectivity index is 1.60. The van der Waals surface area contributed by atoms with Gasteiger partial charge in [0.15, 0.2) is 0 Å². The predicted octanol–water partition coefficient (Wildman–Crippen LogP) is 2.59. The molecule has 148 valence electrons. The van der Waals surface area contributed by atoms with E-state index >= 15 is 0 Å². The number of carbonyl (C=O) groups is 1. The van der Waals surface area contributed by atoms with Gasteiger partial charge in [-0.05, 0) is 57.2 Å². The number of nitrogens with zero attached hydrogens (tertiary/aromatic N) is 3. The third-order valence-electron chi connectivity index (χ3n) is 5.23. The summed E-state index contributed by atoms with van der Waals surface area (Å²) >= 11 is 0. The highest BCUT2D eigenvalue weighted by Gasteiger charge is 2.31. The molecule has 1 atom stereocenters. The van der Waals surface area contributed by atoms with Crippen molar-refractivity contribution < 1.29 is 14.5 Å². The first kappa shape index (κ1) is 19.4. The molecule has 1 amide bonds. The number of nitrogens with two attached hydrogens (primary N) is 1. The minimum atomic E-state index is -0.482. The average molecular weight is 376 g/mol. The summed E-state index contributed by atoms with van der Waals surface area (Å²) in [6.45, 7) is 8.54. The first-order chi connectivity index (χ1) is 12.6. The quantitative estimate of drug-likeness (QED) is 0.483. The molecule has 0 bridgehead atoms. The van der Waals surface area contributed by atoms with Gasteiger partial charge in [-0.25, -0.2) is 4.79 Å². The fourth-order valence-electron chi connectivity index (χ4n) is 3.86. The van der Waals surface area contributed by atoms with E-state index in [1.807, 2.05) is 20.8 Å². The normalized spacial score (nSPS) is 20.9. The van der Waals surface area contributed by atoms with Crippen LogP contribution >= 0.6 is 0 Å². The highest BCUT2D eigenvalue weighted by atomic mass is 16.6. The van der Waals surface area contributed by atoms with Gasteiger partial charge in [-0.1, -0.05) is 0 Å². The molecular formula is C19H28N4O4. The summed E-state index contributed by atoms with van der Waals surface area (Å²) in [6, 6.07) is 3.76. The van der Waals surface area contributed by atoms with Gasteiger partial charge in [0, 0.05) is 38.3 Å². The SMILES string of the molecule is CC(C)(C)OC(=O)N1CCN(C2CCc3cc([N+](=O)[O-])c(N)cc3C2)CC1. The van der Waals surface area contributed by atoms with Crippen molar-refractivity contribution in [3.63, 3.8) is 0 Å². The fraction of sp³-hybridized carbons (Fsp3) is 0.632. The zero-order valence-electron chi connectivity index (χ0n) is 16.2. The number of fused-ring (bicyclic) bond motifs is 1. The van der Waals surface area contributed by atoms with Crippen molar-refractivity contribution in [1.82, 2.24) is 9.80 Å². The van der Waals surface area contributed by atoms with Gasteiger partial charge < -0.3 is 15.4 Å². The van der Waals surface area contributed by atoms with Crippen molar-refractivity contribution in [2.45, 2.75) is 51.7 Å². The van der Waals surface area contributed by atoms with Crippen molar-refractivity contribution in [3.8, 4) is 0 Å². The van der Waals surface area contributed by atoms with Crippen molar-refractivity contribution in [2.24, 2.45) is 0 Å². The smallest absolute Gasteiger partial charge is 0.410 e. The number of carbonyl (C=O) groups excluding carboxylic acids is 1. The molecule has 2 aliphatic rings. The number of aryl methyl sites for hydroxylation is 1. The minimum absolute atomic E-state index is 0.00169. The van der Waals surface area contributed by atoms with Crippen LogP contribution in [-0.2, 0) is 17.6 Å². The Labute approximate surface area is 159 Å². The number of hydrogen-bond acceptors (Lipinski definition) is 6. The van der Waals surface area contributed by atoms with Crippen LogP contribution < -0.4 is 5.73 Å². The van der Waals surface area contributed by atoms with Gasteiger partial charge in [0.05, 0.1) is 4.92 Å². The van der Waals surface area contributed by atoms with Gasteiger partial charge in [0.1, 0.15) is 11.3 Å². The lowest BCUT2D eigenvalue weighted by Gasteiger charge is -2.41. The fourth-order valence-corrected chi connectivity index (χ4v) is 3.86. The number of nitro groups is 1. The summed E-state index contributed by atoms with van der Waals surface area (Å²) in [4.78, 5) is 27.0. The number of hydrogen-bond donors (Lipinski definition) is 1. The van der Waals surface area contributed by atoms with Gasteiger partial charge in [-0.2, -0.15) is 0 Å². The number of nitrogen functional groups attached to an aromatic ring is 1. The number of amides is 1. The number of ether oxygens (including phenoxy) is 1. The largest absolute Gasteiger partial charge is 0.444 e. The molecule has 1 aliphatic heterocycles. The van der Waals surface area contributed by atoms with Crippen LogP contribution in [0.25, 0.3) is 0 Å². The molecule has 1 unspecified atom stereocenters. The lowest BCUT2D eigenvalue weighted by atomic mass is 9.86. The molecule has 0 radical (unpaired) electrons. The third-order valence-corrected chi connectivity index (χ3v) is 5.23. The van der Waals surface area contributed by atoms with Gasteiger partial charge in [0.25, 0.3) is 5.69 Å². The Kier molecular flexibility index (Phi) is 5.28. The van der Waals surface area contributed by atoms with Crippen molar-refractivity contribution in [2.75, 3.05) is 31.9 Å². The lowest BCUT2D eigenvalue weighted by Crippen LogP contribution is -2.53. The van der Waals surface area contributed by atoms with Gasteiger partial charge in [-0.3, -0.25) is 15.0 Å². The molecule has 1 aromatic rings. The number of benzene rings is 1. The first-order valence-electron chi connectivity index (χ1n) is 9.41. The highest BCUT2D eigenvalue weighted by molar-refractivity contribution is 5.68. The average Bonchev–Trinajstić information content (AvgIpc) is 2.59. The van der Waals surface area contributed by atoms with Crippen LogP contribution in [0.1, 0.15) is 38.3 Å². The summed E-state index contributed by atoms with van der Waals surface area (Å²) in [5.41, 5.74) is 7.73. The van der Waals surface area contributed by atoms with Crippen LogP contribution in [0.2, 0.25) is 0 Å². The Morgan fingerprint density at radius 1 is 1.22 bits per heavy atom. The number of piperazine rings is 1. The maximum Gasteiger partial charge on any atom is 0.410 e. The van der Waals surface area contributed by atoms with Crippen molar-refractivity contribution in [1.29, 1.82) is 0 Å². The monoisotopic (exact) mass is 376 g/mol. The maximum absolute atomic E-state index is 12.2. The molecule has 8 nitrogen and oxygen atoms in total. The van der Waals surface area contributed by atoms with Crippen LogP contribution in [0.3, 0.4) is 0 Å². The van der Waals surface area contributed by atoms with Crippen molar-refractivity contribution in [3.05, 3.63) is 33.4 Å². The number of nitro benzene ring substituents is 1. The van der Waals surface area contributed by atoms with E-state index in [0.29, 0.717) is 19.1 Å². The van der Waals surface area contributed by atoms with E-state index in [4.69, 9.17) is 10.5 Å². The van der Waals surface area contributed by atoms with Gasteiger partial charge in [-0.15, -0.1) is 0 Å². The Hall–Kier alpha value is -2.35. The van der Waals surface area contributed by atoms with E-state index in [0.717, 1.165) is 43.5 Å². The van der Waals surface area contributed by atoms with Crippen LogP contribution in [-0.4, -0.2) is 58.6 Å². The van der Waals surface area contributed by atoms with Gasteiger partial charge >= 0.3 is 6.09 Å². The van der Waals surface area contributed by atoms with Crippen LogP contribution in [0.4, 0.5) is 16.2 Å². The molecular weight excluding hydrogens is 348 g/mol. The highest BCUT2D eigenvalue weighted by Crippen LogP contribution is 2.32. The molecule has 8 heteroatoms.